The lowest BCUT2D eigenvalue weighted by Crippen LogP contribution is -2.10. The van der Waals surface area contributed by atoms with E-state index in [1.165, 1.54) is 0 Å². The molecule has 0 spiro atoms. The molecule has 0 radical (unpaired) electrons. The maximum atomic E-state index is 13.8. The molecule has 0 amide bonds. The summed E-state index contributed by atoms with van der Waals surface area (Å²) in [4.78, 5) is 0. The van der Waals surface area contributed by atoms with Crippen LogP contribution in [0.5, 0.6) is 17.2 Å². The zero-order valence-electron chi connectivity index (χ0n) is 16.9. The number of hydrogen-bond acceptors (Lipinski definition) is 4. The van der Waals surface area contributed by atoms with E-state index in [0.29, 0.717) is 17.2 Å². The summed E-state index contributed by atoms with van der Waals surface area (Å²) >= 11 is 0. The molecule has 3 rings (SSSR count). The first-order valence-corrected chi connectivity index (χ1v) is 10.6. The maximum Gasteiger partial charge on any atom is 0.647 e. The first kappa shape index (κ1) is 20.0. The van der Waals surface area contributed by atoms with Crippen LogP contribution in [0, 0.1) is 34.6 Å². The molecule has 28 heavy (non-hydrogen) atoms. The van der Waals surface area contributed by atoms with Crippen molar-refractivity contribution in [3.05, 3.63) is 88.5 Å². The average Bonchev–Trinajstić information content (AvgIpc) is 2.62. The lowest BCUT2D eigenvalue weighted by atomic mass is 10.1. The topological polar surface area (TPSA) is 44.8 Å². The third-order valence-corrected chi connectivity index (χ3v) is 5.68. The molecular formula is C23H25O4P. The van der Waals surface area contributed by atoms with Crippen LogP contribution < -0.4 is 13.6 Å². The summed E-state index contributed by atoms with van der Waals surface area (Å²) in [6.45, 7) is 9.55. The third-order valence-electron chi connectivity index (χ3n) is 4.43. The Morgan fingerprint density at radius 2 is 1.04 bits per heavy atom. The molecule has 0 bridgehead atoms. The Labute approximate surface area is 166 Å². The molecular weight excluding hydrogens is 371 g/mol. The number of aryl methyl sites for hydroxylation is 5. The monoisotopic (exact) mass is 396 g/mol. The first-order chi connectivity index (χ1) is 13.3. The Balaban J connectivity index is 2.03. The van der Waals surface area contributed by atoms with Gasteiger partial charge in [0.25, 0.3) is 0 Å². The van der Waals surface area contributed by atoms with E-state index in [-0.39, 0.29) is 0 Å². The summed E-state index contributed by atoms with van der Waals surface area (Å²) < 4.78 is 31.5. The lowest BCUT2D eigenvalue weighted by molar-refractivity contribution is 0.295. The molecule has 0 aliphatic rings. The van der Waals surface area contributed by atoms with Crippen molar-refractivity contribution in [1.29, 1.82) is 0 Å². The molecule has 0 aromatic heterocycles. The van der Waals surface area contributed by atoms with Gasteiger partial charge in [-0.3, -0.25) is 0 Å². The van der Waals surface area contributed by atoms with Crippen LogP contribution in [-0.2, 0) is 4.57 Å². The molecule has 5 heteroatoms. The Morgan fingerprint density at radius 1 is 0.607 bits per heavy atom. The molecule has 146 valence electrons. The fourth-order valence-corrected chi connectivity index (χ4v) is 4.47. The van der Waals surface area contributed by atoms with Crippen molar-refractivity contribution in [2.75, 3.05) is 0 Å². The highest BCUT2D eigenvalue weighted by atomic mass is 31.2. The normalized spacial score (nSPS) is 11.2. The largest absolute Gasteiger partial charge is 0.647 e. The Bertz CT molecular complexity index is 945. The fraction of sp³-hybridized carbons (Fsp3) is 0.217. The van der Waals surface area contributed by atoms with Gasteiger partial charge in [0.2, 0.25) is 0 Å². The number of phosphoric acid groups is 1. The van der Waals surface area contributed by atoms with E-state index in [9.17, 15) is 4.57 Å². The quantitative estimate of drug-likeness (QED) is 0.426. The zero-order valence-corrected chi connectivity index (χ0v) is 17.7. The second kappa shape index (κ2) is 8.12. The molecule has 4 nitrogen and oxygen atoms in total. The van der Waals surface area contributed by atoms with Crippen LogP contribution in [0.3, 0.4) is 0 Å². The van der Waals surface area contributed by atoms with Crippen molar-refractivity contribution >= 4 is 7.82 Å². The van der Waals surface area contributed by atoms with Gasteiger partial charge in [0.1, 0.15) is 17.2 Å². The molecule has 3 aromatic carbocycles. The molecule has 0 fully saturated rings. The third kappa shape index (κ3) is 4.58. The standard InChI is InChI=1S/C23H25O4P/c1-16-9-6-14-21(15-16)25-28(24,26-22-17(2)10-7-11-18(22)3)27-23-19(4)12-8-13-20(23)5/h6-15H,1-5H3. The summed E-state index contributed by atoms with van der Waals surface area (Å²) in [7, 11) is -4.01. The van der Waals surface area contributed by atoms with Crippen LogP contribution in [0.15, 0.2) is 60.7 Å². The zero-order chi connectivity index (χ0) is 20.3. The van der Waals surface area contributed by atoms with E-state index in [4.69, 9.17) is 13.6 Å². The summed E-state index contributed by atoms with van der Waals surface area (Å²) in [5.41, 5.74) is 4.43. The molecule has 0 atom stereocenters. The van der Waals surface area contributed by atoms with Gasteiger partial charge in [0.15, 0.2) is 0 Å². The summed E-state index contributed by atoms with van der Waals surface area (Å²) in [5.74, 6) is 1.44. The van der Waals surface area contributed by atoms with E-state index in [1.54, 1.807) is 12.1 Å². The van der Waals surface area contributed by atoms with Crippen LogP contribution in [0.1, 0.15) is 27.8 Å². The molecule has 0 heterocycles. The van der Waals surface area contributed by atoms with Crippen molar-refractivity contribution in [2.24, 2.45) is 0 Å². The number of hydrogen-bond donors (Lipinski definition) is 0. The summed E-state index contributed by atoms with van der Waals surface area (Å²) in [6.07, 6.45) is 0. The number of rotatable bonds is 6. The highest BCUT2D eigenvalue weighted by Gasteiger charge is 2.35. The average molecular weight is 396 g/mol. The highest BCUT2D eigenvalue weighted by molar-refractivity contribution is 7.49. The van der Waals surface area contributed by atoms with E-state index in [2.05, 4.69) is 0 Å². The SMILES string of the molecule is Cc1cccc(OP(=O)(Oc2c(C)cccc2C)Oc2c(C)cccc2C)c1. The van der Waals surface area contributed by atoms with Gasteiger partial charge in [-0.25, -0.2) is 0 Å². The minimum absolute atomic E-state index is 0.431. The second-order valence-corrected chi connectivity index (χ2v) is 8.42. The van der Waals surface area contributed by atoms with Crippen LogP contribution in [0.25, 0.3) is 0 Å². The highest BCUT2D eigenvalue weighted by Crippen LogP contribution is 2.52. The molecule has 0 saturated carbocycles. The van der Waals surface area contributed by atoms with E-state index < -0.39 is 7.82 Å². The van der Waals surface area contributed by atoms with Crippen molar-refractivity contribution in [1.82, 2.24) is 0 Å². The molecule has 0 aliphatic heterocycles. The summed E-state index contributed by atoms with van der Waals surface area (Å²) in [5, 5.41) is 0. The van der Waals surface area contributed by atoms with Crippen LogP contribution >= 0.6 is 7.82 Å². The van der Waals surface area contributed by atoms with Gasteiger partial charge in [-0.2, -0.15) is 4.57 Å². The second-order valence-electron chi connectivity index (χ2n) is 6.98. The lowest BCUT2D eigenvalue weighted by Gasteiger charge is -2.23. The van der Waals surface area contributed by atoms with Crippen LogP contribution in [-0.4, -0.2) is 0 Å². The first-order valence-electron chi connectivity index (χ1n) is 9.15. The molecule has 0 unspecified atom stereocenters. The number of para-hydroxylation sites is 2. The fourth-order valence-electron chi connectivity index (χ4n) is 2.97. The smallest absolute Gasteiger partial charge is 0.386 e. The minimum atomic E-state index is -4.01. The van der Waals surface area contributed by atoms with Gasteiger partial charge in [0, 0.05) is 0 Å². The Hall–Kier alpha value is -2.71. The van der Waals surface area contributed by atoms with Gasteiger partial charge < -0.3 is 13.6 Å². The Kier molecular flexibility index (Phi) is 5.81. The molecule has 0 N–H and O–H groups in total. The predicted octanol–water partition coefficient (Wildman–Crippen LogP) is 6.87. The van der Waals surface area contributed by atoms with Gasteiger partial charge in [-0.1, -0.05) is 48.5 Å². The number of benzene rings is 3. The van der Waals surface area contributed by atoms with Crippen molar-refractivity contribution in [3.63, 3.8) is 0 Å². The molecule has 3 aromatic rings. The van der Waals surface area contributed by atoms with Gasteiger partial charge in [0.05, 0.1) is 0 Å². The Morgan fingerprint density at radius 3 is 1.46 bits per heavy atom. The van der Waals surface area contributed by atoms with Crippen molar-refractivity contribution in [3.8, 4) is 17.2 Å². The van der Waals surface area contributed by atoms with Gasteiger partial charge in [-0.05, 0) is 74.6 Å². The van der Waals surface area contributed by atoms with Crippen molar-refractivity contribution in [2.45, 2.75) is 34.6 Å². The molecule has 0 aliphatic carbocycles. The number of phosphoric ester groups is 1. The van der Waals surface area contributed by atoms with E-state index in [0.717, 1.165) is 27.8 Å². The van der Waals surface area contributed by atoms with E-state index >= 15 is 0 Å². The summed E-state index contributed by atoms with van der Waals surface area (Å²) in [6, 6.07) is 18.8. The molecule has 0 saturated heterocycles. The van der Waals surface area contributed by atoms with Gasteiger partial charge in [-0.15, -0.1) is 0 Å². The van der Waals surface area contributed by atoms with Crippen molar-refractivity contribution < 1.29 is 18.1 Å². The predicted molar refractivity (Wildman–Crippen MR) is 113 cm³/mol. The maximum absolute atomic E-state index is 13.8. The minimum Gasteiger partial charge on any atom is -0.386 e. The van der Waals surface area contributed by atoms with Crippen LogP contribution in [0.2, 0.25) is 0 Å². The van der Waals surface area contributed by atoms with Crippen LogP contribution in [0.4, 0.5) is 0 Å². The van der Waals surface area contributed by atoms with E-state index in [1.807, 2.05) is 83.1 Å². The van der Waals surface area contributed by atoms with Gasteiger partial charge >= 0.3 is 7.82 Å².